The molecular formula is C29H53N3O3V. The van der Waals surface area contributed by atoms with Crippen LogP contribution in [0, 0.1) is 6.08 Å². The minimum Gasteiger partial charge on any atom is -0.668 e. The van der Waals surface area contributed by atoms with E-state index in [-0.39, 0.29) is 18.6 Å². The Labute approximate surface area is 234 Å². The van der Waals surface area contributed by atoms with Gasteiger partial charge in [-0.1, -0.05) is 97.8 Å². The van der Waals surface area contributed by atoms with Gasteiger partial charge in [0.25, 0.3) is 0 Å². The van der Waals surface area contributed by atoms with Crippen molar-refractivity contribution in [1.82, 2.24) is 0 Å². The van der Waals surface area contributed by atoms with Gasteiger partial charge in [0.2, 0.25) is 0 Å². The molecule has 0 saturated carbocycles. The molecule has 0 spiro atoms. The third kappa shape index (κ3) is 53.7. The van der Waals surface area contributed by atoms with Crippen molar-refractivity contribution in [3.05, 3.63) is 41.5 Å². The van der Waals surface area contributed by atoms with Crippen LogP contribution in [0.1, 0.15) is 143 Å². The van der Waals surface area contributed by atoms with E-state index in [9.17, 15) is 14.4 Å². The fraction of sp³-hybridized carbons (Fsp3) is 0.759. The van der Waals surface area contributed by atoms with E-state index in [0.717, 1.165) is 44.9 Å². The summed E-state index contributed by atoms with van der Waals surface area (Å²) in [5.41, 5.74) is 19.9. The van der Waals surface area contributed by atoms with Gasteiger partial charge >= 0.3 is 18.6 Å². The van der Waals surface area contributed by atoms with E-state index < -0.39 is 17.7 Å². The molecule has 0 aromatic heterocycles. The summed E-state index contributed by atoms with van der Waals surface area (Å²) in [6, 6.07) is 0. The SMILES string of the molecule is CCCCCCCC([NH-])=O.CCCCCCCC([NH-])=O.CCCCCCCC([NH-])=O.[C-]1=CC=CC1.[V+4]. The number of hydrogen-bond donors (Lipinski definition) is 0. The van der Waals surface area contributed by atoms with E-state index >= 15 is 0 Å². The predicted molar refractivity (Wildman–Crippen MR) is 150 cm³/mol. The third-order valence-electron chi connectivity index (χ3n) is 5.11. The van der Waals surface area contributed by atoms with E-state index in [1.807, 2.05) is 12.2 Å². The summed E-state index contributed by atoms with van der Waals surface area (Å²) in [5.74, 6) is -1.26. The number of carbonyl (C=O) groups is 3. The van der Waals surface area contributed by atoms with Crippen LogP contribution in [0.5, 0.6) is 0 Å². The molecule has 0 aromatic carbocycles. The molecule has 0 aliphatic heterocycles. The van der Waals surface area contributed by atoms with Crippen molar-refractivity contribution < 1.29 is 32.9 Å². The maximum Gasteiger partial charge on any atom is 4.00 e. The molecule has 3 amide bonds. The number of rotatable bonds is 18. The Kier molecular flexibility index (Phi) is 43.9. The Bertz CT molecular complexity index is 471. The van der Waals surface area contributed by atoms with Crippen molar-refractivity contribution >= 4 is 17.7 Å². The maximum atomic E-state index is 10.1. The van der Waals surface area contributed by atoms with Crippen LogP contribution in [-0.4, -0.2) is 17.7 Å². The molecule has 0 aromatic rings. The minimum atomic E-state index is -0.420. The zero-order valence-corrected chi connectivity index (χ0v) is 24.7. The van der Waals surface area contributed by atoms with E-state index in [0.29, 0.717) is 19.3 Å². The van der Waals surface area contributed by atoms with Gasteiger partial charge in [0, 0.05) is 17.7 Å². The van der Waals surface area contributed by atoms with Crippen LogP contribution in [0.4, 0.5) is 0 Å². The number of carbonyl (C=O) groups excluding carboxylic acids is 3. The molecule has 6 nitrogen and oxygen atoms in total. The molecule has 0 heterocycles. The molecule has 0 fully saturated rings. The second-order valence-electron chi connectivity index (χ2n) is 8.77. The van der Waals surface area contributed by atoms with Gasteiger partial charge in [-0.3, -0.25) is 6.08 Å². The number of amides is 3. The number of allylic oxidation sites excluding steroid dienone is 4. The largest absolute Gasteiger partial charge is 4.00 e. The Morgan fingerprint density at radius 1 is 0.583 bits per heavy atom. The fourth-order valence-corrected chi connectivity index (χ4v) is 3.01. The topological polar surface area (TPSA) is 123 Å². The molecule has 7 heteroatoms. The summed E-state index contributed by atoms with van der Waals surface area (Å²) in [7, 11) is 0. The number of unbranched alkanes of at least 4 members (excludes halogenated alkanes) is 12. The Morgan fingerprint density at radius 3 is 1.06 bits per heavy atom. The van der Waals surface area contributed by atoms with E-state index in [2.05, 4.69) is 32.9 Å². The van der Waals surface area contributed by atoms with Gasteiger partial charge in [0.05, 0.1) is 0 Å². The average Bonchev–Trinajstić information content (AvgIpc) is 3.39. The summed E-state index contributed by atoms with van der Waals surface area (Å²) in [5, 5.41) is 0. The number of hydrogen-bond acceptors (Lipinski definition) is 3. The van der Waals surface area contributed by atoms with Gasteiger partial charge in [-0.25, -0.2) is 12.2 Å². The molecule has 207 valence electrons. The summed E-state index contributed by atoms with van der Waals surface area (Å²) in [6.07, 6.45) is 28.5. The third-order valence-corrected chi connectivity index (χ3v) is 5.11. The van der Waals surface area contributed by atoms with Gasteiger partial charge in [-0.05, 0) is 38.5 Å². The fourth-order valence-electron chi connectivity index (χ4n) is 3.01. The van der Waals surface area contributed by atoms with Crippen molar-refractivity contribution in [2.24, 2.45) is 0 Å². The standard InChI is InChI=1S/3C8H17NO.C5H5.V/c3*1-2-3-4-5-6-7-8(9)10;1-2-4-5-3-1;/h3*2-7H2,1H3,(H2,9,10);1-3H,4H2;/q;;;-1;+4/p-3. The van der Waals surface area contributed by atoms with Gasteiger partial charge in [-0.15, -0.1) is 6.42 Å². The first-order valence-corrected chi connectivity index (χ1v) is 13.8. The summed E-state index contributed by atoms with van der Waals surface area (Å²) < 4.78 is 0. The van der Waals surface area contributed by atoms with Gasteiger partial charge in [0.15, 0.2) is 0 Å². The summed E-state index contributed by atoms with van der Waals surface area (Å²) in [4.78, 5) is 30.4. The first-order chi connectivity index (χ1) is 16.8. The molecule has 1 radical (unpaired) electrons. The zero-order chi connectivity index (χ0) is 27.0. The van der Waals surface area contributed by atoms with Gasteiger partial charge in [-0.2, -0.15) is 6.08 Å². The molecule has 0 bridgehead atoms. The van der Waals surface area contributed by atoms with Crippen molar-refractivity contribution in [1.29, 1.82) is 0 Å². The normalized spacial score (nSPS) is 10.5. The first kappa shape index (κ1) is 41.6. The van der Waals surface area contributed by atoms with Crippen LogP contribution in [0.15, 0.2) is 18.2 Å². The van der Waals surface area contributed by atoms with Crippen LogP contribution >= 0.6 is 0 Å². The Morgan fingerprint density at radius 2 is 0.889 bits per heavy atom. The molecule has 36 heavy (non-hydrogen) atoms. The molecule has 1 aliphatic carbocycles. The monoisotopic (exact) mass is 542 g/mol. The quantitative estimate of drug-likeness (QED) is 0.126. The van der Waals surface area contributed by atoms with Gasteiger partial charge in [0.1, 0.15) is 0 Å². The number of nitrogens with one attached hydrogen (secondary N) is 3. The van der Waals surface area contributed by atoms with Crippen molar-refractivity contribution in [3.8, 4) is 0 Å². The van der Waals surface area contributed by atoms with Crippen LogP contribution in [0.3, 0.4) is 0 Å². The molecule has 1 rings (SSSR count). The van der Waals surface area contributed by atoms with E-state index in [1.54, 1.807) is 0 Å². The first-order valence-electron chi connectivity index (χ1n) is 13.8. The Balaban J connectivity index is -0.000000192. The zero-order valence-electron chi connectivity index (χ0n) is 23.3. The van der Waals surface area contributed by atoms with Crippen molar-refractivity contribution in [2.75, 3.05) is 0 Å². The minimum absolute atomic E-state index is 0. The molecule has 0 saturated heterocycles. The van der Waals surface area contributed by atoms with E-state index in [1.165, 1.54) is 57.8 Å². The van der Waals surface area contributed by atoms with Crippen LogP contribution in [0.2, 0.25) is 0 Å². The van der Waals surface area contributed by atoms with E-state index in [4.69, 9.17) is 17.2 Å². The van der Waals surface area contributed by atoms with Crippen LogP contribution in [0.25, 0.3) is 17.2 Å². The predicted octanol–water partition coefficient (Wildman–Crippen LogP) is 10.1. The second kappa shape index (κ2) is 38.0. The molecule has 0 unspecified atom stereocenters. The molecule has 0 atom stereocenters. The van der Waals surface area contributed by atoms with Crippen LogP contribution < -0.4 is 0 Å². The smallest absolute Gasteiger partial charge is 0.668 e. The van der Waals surface area contributed by atoms with Crippen molar-refractivity contribution in [2.45, 2.75) is 143 Å². The average molecular weight is 543 g/mol. The summed E-state index contributed by atoms with van der Waals surface area (Å²) in [6.45, 7) is 6.49. The second-order valence-corrected chi connectivity index (χ2v) is 8.77. The van der Waals surface area contributed by atoms with Crippen LogP contribution in [-0.2, 0) is 32.9 Å². The summed E-state index contributed by atoms with van der Waals surface area (Å²) >= 11 is 0. The molecule has 1 aliphatic rings. The van der Waals surface area contributed by atoms with Gasteiger partial charge < -0.3 is 31.6 Å². The molecule has 3 N–H and O–H groups in total. The maximum absolute atomic E-state index is 10.1. The Hall–Kier alpha value is -1.53. The van der Waals surface area contributed by atoms with Crippen molar-refractivity contribution in [3.63, 3.8) is 0 Å². The molecular weight excluding hydrogens is 489 g/mol.